The van der Waals surface area contributed by atoms with Crippen LogP contribution in [0.3, 0.4) is 0 Å². The molecule has 2 aromatic rings. The largest absolute Gasteiger partial charge is 0.337 e. The Labute approximate surface area is 167 Å². The predicted molar refractivity (Wildman–Crippen MR) is 107 cm³/mol. The van der Waals surface area contributed by atoms with Crippen molar-refractivity contribution < 1.29 is 18.5 Å². The maximum absolute atomic E-state index is 14.3. The van der Waals surface area contributed by atoms with Gasteiger partial charge in [-0.25, -0.2) is 8.78 Å². The van der Waals surface area contributed by atoms with Gasteiger partial charge in [-0.1, -0.05) is 24.4 Å². The number of rotatable bonds is 2. The number of halogens is 2. The van der Waals surface area contributed by atoms with E-state index < -0.39 is 17.4 Å². The van der Waals surface area contributed by atoms with Crippen molar-refractivity contribution in [2.45, 2.75) is 18.5 Å². The number of benzene rings is 2. The number of carbonyl (C=O) groups is 1. The zero-order valence-corrected chi connectivity index (χ0v) is 16.2. The Morgan fingerprint density at radius 1 is 1.11 bits per heavy atom. The van der Waals surface area contributed by atoms with E-state index in [4.69, 9.17) is 17.2 Å². The molecule has 0 unspecified atom stereocenters. The molecule has 1 N–H and O–H groups in total. The van der Waals surface area contributed by atoms with E-state index in [0.29, 0.717) is 24.1 Å². The van der Waals surface area contributed by atoms with Crippen LogP contribution in [0.15, 0.2) is 53.5 Å². The molecule has 1 fully saturated rings. The fourth-order valence-electron chi connectivity index (χ4n) is 3.85. The third-order valence-electron chi connectivity index (χ3n) is 5.47. The predicted octanol–water partition coefficient (Wildman–Crippen LogP) is 2.24. The summed E-state index contributed by atoms with van der Waals surface area (Å²) in [6.07, 6.45) is 1.26. The topological polar surface area (TPSA) is 37.1 Å². The van der Waals surface area contributed by atoms with E-state index in [-0.39, 0.29) is 16.4 Å². The van der Waals surface area contributed by atoms with E-state index in [2.05, 4.69) is 7.05 Å². The number of nitrogens with one attached hydrogen (secondary N) is 1. The molecule has 0 saturated carbocycles. The van der Waals surface area contributed by atoms with Crippen LogP contribution in [0.1, 0.15) is 28.8 Å². The summed E-state index contributed by atoms with van der Waals surface area (Å²) in [6, 6.07) is 11.8. The van der Waals surface area contributed by atoms with Crippen LogP contribution in [0, 0.1) is 11.6 Å². The van der Waals surface area contributed by atoms with Crippen molar-refractivity contribution in [2.75, 3.05) is 20.1 Å². The molecule has 0 aliphatic carbocycles. The Hall–Kier alpha value is -2.51. The number of likely N-dealkylation sites (tertiary alicyclic amines) is 1. The highest BCUT2D eigenvalue weighted by Crippen LogP contribution is 2.36. The summed E-state index contributed by atoms with van der Waals surface area (Å²) in [7, 11) is 2.09. The zero-order valence-electron chi connectivity index (χ0n) is 15.4. The second-order valence-corrected chi connectivity index (χ2v) is 7.72. The first kappa shape index (κ1) is 18.8. The molecule has 144 valence electrons. The minimum absolute atomic E-state index is 0.0222. The Balaban J connectivity index is 1.78. The molecule has 4 nitrogen and oxygen atoms in total. The smallest absolute Gasteiger partial charge is 0.263 e. The molecule has 0 atom stereocenters. The van der Waals surface area contributed by atoms with E-state index >= 15 is 0 Å². The molecular formula is C21H20F2N3OS+. The molecule has 1 spiro atoms. The Bertz CT molecular complexity index is 966. The number of nitrogens with zero attached hydrogens (tertiary/aromatic N) is 2. The zero-order chi connectivity index (χ0) is 19.9. The van der Waals surface area contributed by atoms with Crippen molar-refractivity contribution in [3.05, 3.63) is 71.3 Å². The third kappa shape index (κ3) is 3.14. The highest BCUT2D eigenvalue weighted by atomic mass is 32.1. The molecule has 2 aliphatic rings. The highest BCUT2D eigenvalue weighted by Gasteiger charge is 2.51. The van der Waals surface area contributed by atoms with Crippen LogP contribution in [-0.2, 0) is 0 Å². The molecule has 2 aromatic carbocycles. The summed E-state index contributed by atoms with van der Waals surface area (Å²) >= 11 is 5.63. The summed E-state index contributed by atoms with van der Waals surface area (Å²) in [5, 5.41) is 0. The number of carbonyl (C=O) groups excluding carboxylic acids is 1. The van der Waals surface area contributed by atoms with Gasteiger partial charge in [-0.15, -0.1) is 0 Å². The van der Waals surface area contributed by atoms with Crippen molar-refractivity contribution in [2.24, 2.45) is 4.99 Å². The Morgan fingerprint density at radius 3 is 2.39 bits per heavy atom. The highest BCUT2D eigenvalue weighted by molar-refractivity contribution is 7.82. The molecule has 2 aliphatic heterocycles. The van der Waals surface area contributed by atoms with Gasteiger partial charge < -0.3 is 4.90 Å². The lowest BCUT2D eigenvalue weighted by Crippen LogP contribution is -3.10. The van der Waals surface area contributed by atoms with Gasteiger partial charge in [0.15, 0.2) is 5.66 Å². The molecule has 1 saturated heterocycles. The van der Waals surface area contributed by atoms with E-state index in [9.17, 15) is 13.6 Å². The minimum atomic E-state index is -0.820. The first-order valence-electron chi connectivity index (χ1n) is 9.22. The van der Waals surface area contributed by atoms with E-state index in [1.807, 2.05) is 0 Å². The number of amides is 1. The molecule has 4 rings (SSSR count). The first-order valence-corrected chi connectivity index (χ1v) is 9.63. The summed E-state index contributed by atoms with van der Waals surface area (Å²) < 4.78 is 27.7. The summed E-state index contributed by atoms with van der Waals surface area (Å²) in [6.45, 7) is 1.65. The van der Waals surface area contributed by atoms with Crippen LogP contribution in [-0.4, -0.2) is 47.3 Å². The van der Waals surface area contributed by atoms with Crippen LogP contribution >= 0.6 is 12.2 Å². The van der Waals surface area contributed by atoms with Crippen LogP contribution < -0.4 is 4.90 Å². The van der Waals surface area contributed by atoms with Gasteiger partial charge in [-0.05, 0) is 36.4 Å². The van der Waals surface area contributed by atoms with Gasteiger partial charge in [-0.2, -0.15) is 0 Å². The van der Waals surface area contributed by atoms with Gasteiger partial charge >= 0.3 is 0 Å². The van der Waals surface area contributed by atoms with Gasteiger partial charge in [0, 0.05) is 18.4 Å². The van der Waals surface area contributed by atoms with E-state index in [1.54, 1.807) is 24.3 Å². The molecular weight excluding hydrogens is 380 g/mol. The average Bonchev–Trinajstić information content (AvgIpc) is 2.97. The number of hydrogen-bond donors (Lipinski definition) is 1. The maximum atomic E-state index is 14.3. The van der Waals surface area contributed by atoms with Crippen molar-refractivity contribution in [1.82, 2.24) is 4.90 Å². The standard InChI is InChI=1S/C21H19F2N3OS/c1-25-12-10-21(11-13-25)24-18(14-6-8-15(22)9-7-14)20(28)26(21)19(27)16-4-2-3-5-17(16)23/h2-9H,10-13H2,1H3/p+1. The van der Waals surface area contributed by atoms with Gasteiger partial charge in [0.05, 0.1) is 25.7 Å². The molecule has 0 aromatic heterocycles. The number of thiocarbonyl (C=S) groups is 1. The Morgan fingerprint density at radius 2 is 1.75 bits per heavy atom. The van der Waals surface area contributed by atoms with Crippen LogP contribution in [0.25, 0.3) is 0 Å². The second-order valence-electron chi connectivity index (χ2n) is 7.33. The van der Waals surface area contributed by atoms with Gasteiger partial charge in [-0.3, -0.25) is 14.7 Å². The quantitative estimate of drug-likeness (QED) is 0.786. The number of piperidine rings is 1. The molecule has 2 heterocycles. The van der Waals surface area contributed by atoms with Crippen molar-refractivity contribution in [1.29, 1.82) is 0 Å². The third-order valence-corrected chi connectivity index (χ3v) is 5.85. The van der Waals surface area contributed by atoms with Crippen molar-refractivity contribution in [3.8, 4) is 0 Å². The van der Waals surface area contributed by atoms with Crippen LogP contribution in [0.5, 0.6) is 0 Å². The lowest BCUT2D eigenvalue weighted by atomic mass is 9.95. The maximum Gasteiger partial charge on any atom is 0.263 e. The van der Waals surface area contributed by atoms with Crippen molar-refractivity contribution in [3.63, 3.8) is 0 Å². The number of hydrogen-bond acceptors (Lipinski definition) is 3. The lowest BCUT2D eigenvalue weighted by molar-refractivity contribution is -0.886. The van der Waals surface area contributed by atoms with Crippen LogP contribution in [0.4, 0.5) is 8.78 Å². The minimum Gasteiger partial charge on any atom is -0.337 e. The van der Waals surface area contributed by atoms with E-state index in [0.717, 1.165) is 13.1 Å². The monoisotopic (exact) mass is 400 g/mol. The number of aliphatic imine (C=N–C) groups is 1. The Kier molecular flexibility index (Phi) is 4.81. The van der Waals surface area contributed by atoms with Crippen LogP contribution in [0.2, 0.25) is 0 Å². The fraction of sp³-hybridized carbons (Fsp3) is 0.286. The molecule has 1 amide bonds. The number of quaternary nitrogens is 1. The molecule has 0 radical (unpaired) electrons. The van der Waals surface area contributed by atoms with E-state index in [1.165, 1.54) is 34.1 Å². The first-order chi connectivity index (χ1) is 13.4. The molecule has 7 heteroatoms. The fourth-order valence-corrected chi connectivity index (χ4v) is 4.26. The average molecular weight is 400 g/mol. The summed E-state index contributed by atoms with van der Waals surface area (Å²) in [5.74, 6) is -1.42. The molecule has 28 heavy (non-hydrogen) atoms. The molecule has 0 bridgehead atoms. The summed E-state index contributed by atoms with van der Waals surface area (Å²) in [4.78, 5) is 21.3. The second kappa shape index (κ2) is 7.14. The van der Waals surface area contributed by atoms with Gasteiger partial charge in [0.25, 0.3) is 5.91 Å². The van der Waals surface area contributed by atoms with Gasteiger partial charge in [0.2, 0.25) is 0 Å². The van der Waals surface area contributed by atoms with Gasteiger partial charge in [0.1, 0.15) is 22.3 Å². The lowest BCUT2D eigenvalue weighted by Gasteiger charge is -2.39. The summed E-state index contributed by atoms with van der Waals surface area (Å²) in [5.41, 5.74) is 0.297. The normalized spacial score (nSPS) is 24.5. The van der Waals surface area contributed by atoms with Crippen molar-refractivity contribution >= 4 is 28.8 Å². The SMILES string of the molecule is C[NH+]1CCC2(CC1)N=C(c1ccc(F)cc1)C(=S)N2C(=O)c1ccccc1F.